The number of hydrogen-bond acceptors (Lipinski definition) is 2. The molecule has 0 saturated carbocycles. The summed E-state index contributed by atoms with van der Waals surface area (Å²) in [5.41, 5.74) is 2.36. The van der Waals surface area contributed by atoms with E-state index in [0.29, 0.717) is 12.1 Å². The van der Waals surface area contributed by atoms with E-state index in [1.165, 1.54) is 0 Å². The van der Waals surface area contributed by atoms with Gasteiger partial charge in [-0.25, -0.2) is 0 Å². The van der Waals surface area contributed by atoms with E-state index in [1.807, 2.05) is 44.2 Å². The van der Waals surface area contributed by atoms with Gasteiger partial charge in [-0.2, -0.15) is 0 Å². The first kappa shape index (κ1) is 14.8. The van der Waals surface area contributed by atoms with Crippen molar-refractivity contribution in [2.45, 2.75) is 13.8 Å². The minimum Gasteiger partial charge on any atom is -0.508 e. The maximum absolute atomic E-state index is 12.6. The third-order valence-corrected chi connectivity index (χ3v) is 3.79. The number of aromatic hydroxyl groups is 1. The zero-order chi connectivity index (χ0) is 14.7. The normalized spacial score (nSPS) is 10.3. The molecule has 2 rings (SSSR count). The average Bonchev–Trinajstić information content (AvgIpc) is 2.43. The standard InChI is InChI=1S/C16H16INO2/c1-3-18(15-10-14(19)8-7-11(15)2)16(20)12-5-4-6-13(17)9-12/h4-10,19H,3H2,1-2H3. The van der Waals surface area contributed by atoms with Gasteiger partial charge in [-0.3, -0.25) is 4.79 Å². The molecule has 20 heavy (non-hydrogen) atoms. The molecule has 0 radical (unpaired) electrons. The summed E-state index contributed by atoms with van der Waals surface area (Å²) in [6.07, 6.45) is 0. The van der Waals surface area contributed by atoms with Crippen molar-refractivity contribution in [3.05, 3.63) is 57.2 Å². The highest BCUT2D eigenvalue weighted by molar-refractivity contribution is 14.1. The molecule has 4 heteroatoms. The second-order valence-electron chi connectivity index (χ2n) is 4.53. The Labute approximate surface area is 132 Å². The lowest BCUT2D eigenvalue weighted by atomic mass is 10.1. The highest BCUT2D eigenvalue weighted by Crippen LogP contribution is 2.26. The van der Waals surface area contributed by atoms with Crippen LogP contribution >= 0.6 is 22.6 Å². The van der Waals surface area contributed by atoms with Gasteiger partial charge in [0.05, 0.1) is 5.69 Å². The second-order valence-corrected chi connectivity index (χ2v) is 5.78. The van der Waals surface area contributed by atoms with Gasteiger partial charge in [0.15, 0.2) is 0 Å². The van der Waals surface area contributed by atoms with E-state index in [-0.39, 0.29) is 11.7 Å². The van der Waals surface area contributed by atoms with Gasteiger partial charge in [0.2, 0.25) is 0 Å². The SMILES string of the molecule is CCN(C(=O)c1cccc(I)c1)c1cc(O)ccc1C. The number of carbonyl (C=O) groups excluding carboxylic acids is 1. The van der Waals surface area contributed by atoms with Crippen LogP contribution in [0.3, 0.4) is 0 Å². The summed E-state index contributed by atoms with van der Waals surface area (Å²) < 4.78 is 1.03. The van der Waals surface area contributed by atoms with Crippen LogP contribution in [0.1, 0.15) is 22.8 Å². The van der Waals surface area contributed by atoms with E-state index in [1.54, 1.807) is 17.0 Å². The fourth-order valence-electron chi connectivity index (χ4n) is 2.09. The van der Waals surface area contributed by atoms with Crippen LogP contribution in [-0.2, 0) is 0 Å². The third kappa shape index (κ3) is 3.12. The molecule has 1 amide bonds. The first-order chi connectivity index (χ1) is 9.52. The van der Waals surface area contributed by atoms with Crippen LogP contribution in [0.5, 0.6) is 5.75 Å². The summed E-state index contributed by atoms with van der Waals surface area (Å²) in [4.78, 5) is 14.3. The zero-order valence-electron chi connectivity index (χ0n) is 11.4. The van der Waals surface area contributed by atoms with Crippen LogP contribution in [0.25, 0.3) is 0 Å². The molecule has 0 spiro atoms. The van der Waals surface area contributed by atoms with E-state index in [9.17, 15) is 9.90 Å². The van der Waals surface area contributed by atoms with Gasteiger partial charge in [-0.05, 0) is 66.3 Å². The number of anilines is 1. The number of benzene rings is 2. The fourth-order valence-corrected chi connectivity index (χ4v) is 2.63. The van der Waals surface area contributed by atoms with Gasteiger partial charge in [0, 0.05) is 21.7 Å². The Balaban J connectivity index is 2.42. The summed E-state index contributed by atoms with van der Waals surface area (Å²) in [5.74, 6) is 0.110. The summed E-state index contributed by atoms with van der Waals surface area (Å²) in [6.45, 7) is 4.41. The molecule has 0 aliphatic carbocycles. The molecule has 0 heterocycles. The lowest BCUT2D eigenvalue weighted by Crippen LogP contribution is -2.31. The van der Waals surface area contributed by atoms with E-state index in [2.05, 4.69) is 22.6 Å². The molecule has 104 valence electrons. The molecule has 0 unspecified atom stereocenters. The number of aryl methyl sites for hydroxylation is 1. The van der Waals surface area contributed by atoms with Crippen molar-refractivity contribution in [3.63, 3.8) is 0 Å². The summed E-state index contributed by atoms with van der Waals surface area (Å²) in [7, 11) is 0. The zero-order valence-corrected chi connectivity index (χ0v) is 13.6. The number of phenols is 1. The van der Waals surface area contributed by atoms with Crippen molar-refractivity contribution in [1.82, 2.24) is 0 Å². The maximum atomic E-state index is 12.6. The highest BCUT2D eigenvalue weighted by Gasteiger charge is 2.18. The lowest BCUT2D eigenvalue weighted by Gasteiger charge is -2.23. The van der Waals surface area contributed by atoms with Crippen molar-refractivity contribution >= 4 is 34.2 Å². The van der Waals surface area contributed by atoms with Crippen molar-refractivity contribution in [3.8, 4) is 5.75 Å². The van der Waals surface area contributed by atoms with Gasteiger partial charge in [-0.15, -0.1) is 0 Å². The Morgan fingerprint density at radius 3 is 2.65 bits per heavy atom. The molecular formula is C16H16INO2. The van der Waals surface area contributed by atoms with Gasteiger partial charge in [-0.1, -0.05) is 12.1 Å². The molecule has 1 N–H and O–H groups in total. The Morgan fingerprint density at radius 1 is 1.25 bits per heavy atom. The summed E-state index contributed by atoms with van der Waals surface area (Å²) >= 11 is 2.19. The van der Waals surface area contributed by atoms with E-state index in [4.69, 9.17) is 0 Å². The van der Waals surface area contributed by atoms with Crippen molar-refractivity contribution in [2.75, 3.05) is 11.4 Å². The Morgan fingerprint density at radius 2 is 2.00 bits per heavy atom. The van der Waals surface area contributed by atoms with Crippen LogP contribution in [0.4, 0.5) is 5.69 Å². The number of phenolic OH excluding ortho intramolecular Hbond substituents is 1. The van der Waals surface area contributed by atoms with Gasteiger partial charge in [0.25, 0.3) is 5.91 Å². The molecule has 3 nitrogen and oxygen atoms in total. The topological polar surface area (TPSA) is 40.5 Å². The third-order valence-electron chi connectivity index (χ3n) is 3.12. The van der Waals surface area contributed by atoms with Crippen molar-refractivity contribution < 1.29 is 9.90 Å². The molecule has 2 aromatic rings. The molecule has 0 saturated heterocycles. The number of hydrogen-bond donors (Lipinski definition) is 1. The summed E-state index contributed by atoms with van der Waals surface area (Å²) in [5, 5.41) is 9.64. The van der Waals surface area contributed by atoms with Crippen LogP contribution < -0.4 is 4.90 Å². The number of rotatable bonds is 3. The number of halogens is 1. The lowest BCUT2D eigenvalue weighted by molar-refractivity contribution is 0.0988. The van der Waals surface area contributed by atoms with E-state index < -0.39 is 0 Å². The van der Waals surface area contributed by atoms with Gasteiger partial charge in [0.1, 0.15) is 5.75 Å². The quantitative estimate of drug-likeness (QED) is 0.818. The highest BCUT2D eigenvalue weighted by atomic mass is 127. The second kappa shape index (κ2) is 6.26. The molecule has 2 aromatic carbocycles. The minimum absolute atomic E-state index is 0.0558. The Bertz CT molecular complexity index is 640. The Kier molecular flexibility index (Phi) is 4.65. The van der Waals surface area contributed by atoms with Gasteiger partial charge >= 0.3 is 0 Å². The molecule has 0 aliphatic rings. The molecular weight excluding hydrogens is 365 g/mol. The van der Waals surface area contributed by atoms with Crippen LogP contribution in [0, 0.1) is 10.5 Å². The largest absolute Gasteiger partial charge is 0.508 e. The van der Waals surface area contributed by atoms with Crippen molar-refractivity contribution in [1.29, 1.82) is 0 Å². The molecule has 0 fully saturated rings. The predicted molar refractivity (Wildman–Crippen MR) is 89.4 cm³/mol. The molecule has 0 aliphatic heterocycles. The molecule has 0 aromatic heterocycles. The molecule has 0 bridgehead atoms. The monoisotopic (exact) mass is 381 g/mol. The van der Waals surface area contributed by atoms with Crippen LogP contribution in [-0.4, -0.2) is 17.6 Å². The van der Waals surface area contributed by atoms with E-state index in [0.717, 1.165) is 14.8 Å². The van der Waals surface area contributed by atoms with Gasteiger partial charge < -0.3 is 10.0 Å². The first-order valence-corrected chi connectivity index (χ1v) is 7.48. The fraction of sp³-hybridized carbons (Fsp3) is 0.188. The van der Waals surface area contributed by atoms with Crippen molar-refractivity contribution in [2.24, 2.45) is 0 Å². The minimum atomic E-state index is -0.0558. The maximum Gasteiger partial charge on any atom is 0.258 e. The summed E-state index contributed by atoms with van der Waals surface area (Å²) in [6, 6.07) is 12.6. The predicted octanol–water partition coefficient (Wildman–Crippen LogP) is 3.97. The number of carbonyl (C=O) groups is 1. The van der Waals surface area contributed by atoms with Crippen LogP contribution in [0.15, 0.2) is 42.5 Å². The Hall–Kier alpha value is -1.56. The number of amides is 1. The number of nitrogens with zero attached hydrogens (tertiary/aromatic N) is 1. The first-order valence-electron chi connectivity index (χ1n) is 6.40. The molecule has 0 atom stereocenters. The van der Waals surface area contributed by atoms with E-state index >= 15 is 0 Å². The smallest absolute Gasteiger partial charge is 0.258 e. The van der Waals surface area contributed by atoms with Crippen LogP contribution in [0.2, 0.25) is 0 Å². The average molecular weight is 381 g/mol.